The number of carbonyl (C=O) groups is 4. The minimum Gasteiger partial charge on any atom is -0.339 e. The summed E-state index contributed by atoms with van der Waals surface area (Å²) < 4.78 is 0. The van der Waals surface area contributed by atoms with Gasteiger partial charge in [0.25, 0.3) is 11.8 Å². The van der Waals surface area contributed by atoms with Crippen LogP contribution in [0.25, 0.3) is 0 Å². The Balaban J connectivity index is 1.67. The second-order valence-electron chi connectivity index (χ2n) is 6.45. The number of amides is 3. The molecule has 3 amide bonds. The quantitative estimate of drug-likeness (QED) is 0.760. The zero-order valence-corrected chi connectivity index (χ0v) is 14.2. The molecule has 1 aromatic carbocycles. The molecule has 3 rings (SSSR count). The Morgan fingerprint density at radius 2 is 1.80 bits per heavy atom. The molecule has 2 aliphatic heterocycles. The van der Waals surface area contributed by atoms with Gasteiger partial charge in [0.15, 0.2) is 0 Å². The second kappa shape index (κ2) is 6.66. The van der Waals surface area contributed by atoms with E-state index in [-0.39, 0.29) is 36.0 Å². The Bertz CT molecular complexity index is 710. The van der Waals surface area contributed by atoms with Crippen LogP contribution in [-0.4, -0.2) is 46.2 Å². The molecule has 132 valence electrons. The summed E-state index contributed by atoms with van der Waals surface area (Å²) in [4.78, 5) is 55.7. The lowest BCUT2D eigenvalue weighted by molar-refractivity contribution is -0.173. The maximum Gasteiger partial charge on any atom is 0.338 e. The fourth-order valence-electron chi connectivity index (χ4n) is 3.30. The van der Waals surface area contributed by atoms with Crippen molar-refractivity contribution in [3.05, 3.63) is 35.4 Å². The van der Waals surface area contributed by atoms with Crippen LogP contribution in [0.2, 0.25) is 0 Å². The Kier molecular flexibility index (Phi) is 4.57. The van der Waals surface area contributed by atoms with Crippen LogP contribution in [-0.2, 0) is 14.4 Å². The van der Waals surface area contributed by atoms with Crippen LogP contribution in [0, 0.1) is 5.92 Å². The second-order valence-corrected chi connectivity index (χ2v) is 6.45. The van der Waals surface area contributed by atoms with E-state index >= 15 is 0 Å². The number of imide groups is 1. The summed E-state index contributed by atoms with van der Waals surface area (Å²) in [5.74, 6) is -2.82. The monoisotopic (exact) mass is 344 g/mol. The predicted molar refractivity (Wildman–Crippen MR) is 87.2 cm³/mol. The van der Waals surface area contributed by atoms with Gasteiger partial charge in [-0.25, -0.2) is 4.79 Å². The van der Waals surface area contributed by atoms with Crippen LogP contribution in [0.4, 0.5) is 0 Å². The first-order chi connectivity index (χ1) is 11.9. The minimum atomic E-state index is -0.728. The Hall–Kier alpha value is -2.70. The predicted octanol–water partition coefficient (Wildman–Crippen LogP) is 1.78. The van der Waals surface area contributed by atoms with E-state index in [9.17, 15) is 19.2 Å². The highest BCUT2D eigenvalue weighted by molar-refractivity contribution is 6.20. The van der Waals surface area contributed by atoms with Gasteiger partial charge in [0.2, 0.25) is 5.91 Å². The maximum absolute atomic E-state index is 12.4. The van der Waals surface area contributed by atoms with Gasteiger partial charge < -0.3 is 9.74 Å². The molecule has 2 aliphatic rings. The standard InChI is InChI=1S/C18H20N2O5/c1-3-6-11(2)19-10-12(9-15(19)21)18(24)25-20-16(22)13-7-4-5-8-14(13)17(20)23/h4-5,7-8,11-12H,3,6,9-10H2,1-2H3. The van der Waals surface area contributed by atoms with Crippen molar-refractivity contribution in [1.82, 2.24) is 9.96 Å². The number of carbonyl (C=O) groups excluding carboxylic acids is 4. The summed E-state index contributed by atoms with van der Waals surface area (Å²) in [5.41, 5.74) is 0.419. The molecule has 2 atom stereocenters. The van der Waals surface area contributed by atoms with Gasteiger partial charge in [-0.2, -0.15) is 0 Å². The Labute approximate surface area is 145 Å². The molecule has 1 aromatic rings. The van der Waals surface area contributed by atoms with Crippen LogP contribution in [0.5, 0.6) is 0 Å². The van der Waals surface area contributed by atoms with Gasteiger partial charge >= 0.3 is 5.97 Å². The zero-order chi connectivity index (χ0) is 18.1. The third-order valence-corrected chi connectivity index (χ3v) is 4.67. The van der Waals surface area contributed by atoms with E-state index in [0.717, 1.165) is 12.8 Å². The molecule has 25 heavy (non-hydrogen) atoms. The van der Waals surface area contributed by atoms with Crippen molar-refractivity contribution in [1.29, 1.82) is 0 Å². The minimum absolute atomic E-state index is 0.0378. The molecule has 2 heterocycles. The van der Waals surface area contributed by atoms with Crippen molar-refractivity contribution in [3.63, 3.8) is 0 Å². The van der Waals surface area contributed by atoms with E-state index in [1.54, 1.807) is 17.0 Å². The van der Waals surface area contributed by atoms with E-state index in [1.807, 2.05) is 13.8 Å². The van der Waals surface area contributed by atoms with Crippen LogP contribution in [0.15, 0.2) is 24.3 Å². The molecule has 0 N–H and O–H groups in total. The molecule has 0 aliphatic carbocycles. The summed E-state index contributed by atoms with van der Waals surface area (Å²) in [5, 5.41) is 0.496. The van der Waals surface area contributed by atoms with Crippen LogP contribution < -0.4 is 0 Å². The summed E-state index contributed by atoms with van der Waals surface area (Å²) in [6.07, 6.45) is 1.83. The van der Waals surface area contributed by atoms with Gasteiger partial charge in [0.1, 0.15) is 0 Å². The fourth-order valence-corrected chi connectivity index (χ4v) is 3.30. The number of benzene rings is 1. The fraction of sp³-hybridized carbons (Fsp3) is 0.444. The van der Waals surface area contributed by atoms with Gasteiger partial charge in [0, 0.05) is 19.0 Å². The van der Waals surface area contributed by atoms with E-state index in [1.165, 1.54) is 12.1 Å². The SMILES string of the molecule is CCCC(C)N1CC(C(=O)ON2C(=O)c3ccccc3C2=O)CC1=O. The van der Waals surface area contributed by atoms with Crippen LogP contribution >= 0.6 is 0 Å². The maximum atomic E-state index is 12.4. The molecular formula is C18H20N2O5. The number of rotatable bonds is 5. The van der Waals surface area contributed by atoms with Gasteiger partial charge in [-0.05, 0) is 25.5 Å². The largest absolute Gasteiger partial charge is 0.339 e. The molecule has 0 spiro atoms. The van der Waals surface area contributed by atoms with Gasteiger partial charge in [0.05, 0.1) is 17.0 Å². The first-order valence-electron chi connectivity index (χ1n) is 8.43. The first-order valence-corrected chi connectivity index (χ1v) is 8.43. The zero-order valence-electron chi connectivity index (χ0n) is 14.2. The lowest BCUT2D eigenvalue weighted by Crippen LogP contribution is -2.37. The molecule has 7 heteroatoms. The highest BCUT2D eigenvalue weighted by Crippen LogP contribution is 2.26. The average molecular weight is 344 g/mol. The van der Waals surface area contributed by atoms with Crippen molar-refractivity contribution >= 4 is 23.7 Å². The van der Waals surface area contributed by atoms with Crippen LogP contribution in [0.3, 0.4) is 0 Å². The Morgan fingerprint density at radius 3 is 2.36 bits per heavy atom. The lowest BCUT2D eigenvalue weighted by Gasteiger charge is -2.24. The highest BCUT2D eigenvalue weighted by atomic mass is 16.7. The van der Waals surface area contributed by atoms with Crippen LogP contribution in [0.1, 0.15) is 53.8 Å². The lowest BCUT2D eigenvalue weighted by atomic mass is 10.1. The number of fused-ring (bicyclic) bond motifs is 1. The smallest absolute Gasteiger partial charge is 0.338 e. The number of hydrogen-bond acceptors (Lipinski definition) is 5. The molecule has 1 saturated heterocycles. The molecule has 1 fully saturated rings. The third kappa shape index (κ3) is 3.01. The topological polar surface area (TPSA) is 84.0 Å². The molecule has 0 bridgehead atoms. The molecule has 7 nitrogen and oxygen atoms in total. The van der Waals surface area contributed by atoms with Gasteiger partial charge in [-0.3, -0.25) is 14.4 Å². The van der Waals surface area contributed by atoms with Gasteiger partial charge in [-0.1, -0.05) is 30.5 Å². The van der Waals surface area contributed by atoms with Crippen molar-refractivity contribution in [2.24, 2.45) is 5.92 Å². The van der Waals surface area contributed by atoms with E-state index in [4.69, 9.17) is 4.84 Å². The number of hydroxylamine groups is 2. The molecule has 2 unspecified atom stereocenters. The summed E-state index contributed by atoms with van der Waals surface area (Å²) in [6.45, 7) is 4.23. The highest BCUT2D eigenvalue weighted by Gasteiger charge is 2.42. The summed E-state index contributed by atoms with van der Waals surface area (Å²) in [6, 6.07) is 6.35. The molecule has 0 saturated carbocycles. The van der Waals surface area contributed by atoms with Crippen molar-refractivity contribution in [2.45, 2.75) is 39.2 Å². The van der Waals surface area contributed by atoms with Gasteiger partial charge in [-0.15, -0.1) is 0 Å². The summed E-state index contributed by atoms with van der Waals surface area (Å²) >= 11 is 0. The van der Waals surface area contributed by atoms with E-state index in [2.05, 4.69) is 0 Å². The first kappa shape index (κ1) is 17.1. The number of likely N-dealkylation sites (tertiary alicyclic amines) is 1. The average Bonchev–Trinajstić information content (AvgIpc) is 3.10. The van der Waals surface area contributed by atoms with Crippen molar-refractivity contribution in [2.75, 3.05) is 6.54 Å². The van der Waals surface area contributed by atoms with E-state index < -0.39 is 23.7 Å². The van der Waals surface area contributed by atoms with Crippen molar-refractivity contribution < 1.29 is 24.0 Å². The van der Waals surface area contributed by atoms with E-state index in [0.29, 0.717) is 5.06 Å². The molecule has 0 aromatic heterocycles. The summed E-state index contributed by atoms with van der Waals surface area (Å²) in [7, 11) is 0. The Morgan fingerprint density at radius 1 is 1.20 bits per heavy atom. The van der Waals surface area contributed by atoms with Crippen molar-refractivity contribution in [3.8, 4) is 0 Å². The number of hydrogen-bond donors (Lipinski definition) is 0. The third-order valence-electron chi connectivity index (χ3n) is 4.67. The number of nitrogens with zero attached hydrogens (tertiary/aromatic N) is 2. The normalized spacial score (nSPS) is 20.9. The molecule has 0 radical (unpaired) electrons. The molecular weight excluding hydrogens is 324 g/mol.